The van der Waals surface area contributed by atoms with Crippen molar-refractivity contribution in [1.82, 2.24) is 10.9 Å². The largest absolute Gasteiger partial charge is 0.460 e. The Morgan fingerprint density at radius 3 is 1.57 bits per heavy atom. The molecule has 0 atom stereocenters. The average molecular weight is 557 g/mol. The van der Waals surface area contributed by atoms with Gasteiger partial charge in [-0.25, -0.2) is 0 Å². The molecule has 35 heavy (non-hydrogen) atoms. The molecule has 18 heteroatoms. The van der Waals surface area contributed by atoms with Crippen molar-refractivity contribution in [2.75, 3.05) is 0 Å². The number of amides is 1. The highest BCUT2D eigenvalue weighted by molar-refractivity contribution is 6.30. The Morgan fingerprint density at radius 2 is 1.14 bits per heavy atom. The predicted molar refractivity (Wildman–Crippen MR) is 91.6 cm³/mol. The topological polar surface area (TPSA) is 58.2 Å². The number of alkyl halides is 13. The van der Waals surface area contributed by atoms with Crippen molar-refractivity contribution in [1.29, 1.82) is 0 Å². The maximum atomic E-state index is 13.8. The number of benzene rings is 1. The number of carbonyl (C=O) groups is 2. The first kappa shape index (κ1) is 30.3. The number of halogens is 14. The third-order valence-electron chi connectivity index (χ3n) is 4.07. The van der Waals surface area contributed by atoms with Crippen molar-refractivity contribution in [2.45, 2.75) is 42.7 Å². The van der Waals surface area contributed by atoms with Gasteiger partial charge in [0.25, 0.3) is 5.91 Å². The number of nitrogens with one attached hydrogen (secondary N) is 2. The van der Waals surface area contributed by atoms with Crippen molar-refractivity contribution in [3.05, 3.63) is 46.6 Å². The van der Waals surface area contributed by atoms with Crippen LogP contribution in [-0.4, -0.2) is 47.5 Å². The van der Waals surface area contributed by atoms with Crippen LogP contribution >= 0.6 is 11.6 Å². The number of hydrazine groups is 1. The van der Waals surface area contributed by atoms with Crippen molar-refractivity contribution < 1.29 is 66.7 Å². The van der Waals surface area contributed by atoms with Crippen molar-refractivity contribution in [2.24, 2.45) is 0 Å². The van der Waals surface area contributed by atoms with Gasteiger partial charge < -0.3 is 5.43 Å². The molecule has 0 aromatic heterocycles. The van der Waals surface area contributed by atoms with E-state index < -0.39 is 59.3 Å². The molecule has 1 amide bonds. The van der Waals surface area contributed by atoms with Crippen LogP contribution in [0, 0.1) is 0 Å². The Kier molecular flexibility index (Phi) is 8.13. The molecule has 0 aliphatic carbocycles. The van der Waals surface area contributed by atoms with E-state index in [-0.39, 0.29) is 10.6 Å². The summed E-state index contributed by atoms with van der Waals surface area (Å²) >= 11 is 5.56. The van der Waals surface area contributed by atoms with E-state index in [0.29, 0.717) is 6.92 Å². The highest BCUT2D eigenvalue weighted by atomic mass is 35.5. The van der Waals surface area contributed by atoms with Gasteiger partial charge in [-0.1, -0.05) is 11.6 Å². The van der Waals surface area contributed by atoms with Gasteiger partial charge in [0, 0.05) is 22.4 Å². The summed E-state index contributed by atoms with van der Waals surface area (Å²) in [6, 6.07) is 4.72. The number of hydrogen-bond donors (Lipinski definition) is 2. The monoisotopic (exact) mass is 556 g/mol. The summed E-state index contributed by atoms with van der Waals surface area (Å²) in [6.07, 6.45) is -8.18. The fourth-order valence-electron chi connectivity index (χ4n) is 2.08. The fourth-order valence-corrected chi connectivity index (χ4v) is 2.20. The summed E-state index contributed by atoms with van der Waals surface area (Å²) in [5, 5.41) is 0.190. The zero-order valence-corrected chi connectivity index (χ0v) is 17.3. The van der Waals surface area contributed by atoms with Gasteiger partial charge in [0.1, 0.15) is 0 Å². The fraction of sp³-hybridized carbons (Fsp3) is 0.412. The van der Waals surface area contributed by atoms with Crippen LogP contribution in [0.3, 0.4) is 0 Å². The van der Waals surface area contributed by atoms with Crippen molar-refractivity contribution in [3.63, 3.8) is 0 Å². The van der Waals surface area contributed by atoms with E-state index in [1.54, 1.807) is 10.9 Å². The second-order valence-corrected chi connectivity index (χ2v) is 7.08. The van der Waals surface area contributed by atoms with Crippen LogP contribution in [0.5, 0.6) is 0 Å². The van der Waals surface area contributed by atoms with Gasteiger partial charge in [0.15, 0.2) is 0 Å². The van der Waals surface area contributed by atoms with Gasteiger partial charge in [-0.15, -0.1) is 0 Å². The van der Waals surface area contributed by atoms with Crippen LogP contribution in [0.4, 0.5) is 57.1 Å². The first-order chi connectivity index (χ1) is 15.4. The molecule has 2 N–H and O–H groups in total. The van der Waals surface area contributed by atoms with Gasteiger partial charge in [0.2, 0.25) is 5.78 Å². The van der Waals surface area contributed by atoms with Crippen LogP contribution in [0.1, 0.15) is 17.3 Å². The first-order valence-electron chi connectivity index (χ1n) is 8.45. The van der Waals surface area contributed by atoms with Gasteiger partial charge in [-0.2, -0.15) is 57.1 Å². The second kappa shape index (κ2) is 9.39. The van der Waals surface area contributed by atoms with Gasteiger partial charge >= 0.3 is 35.8 Å². The minimum absolute atomic E-state index is 0.134. The Labute approximate surface area is 191 Å². The van der Waals surface area contributed by atoms with Crippen molar-refractivity contribution >= 4 is 23.3 Å². The zero-order valence-electron chi connectivity index (χ0n) is 16.5. The molecule has 4 nitrogen and oxygen atoms in total. The minimum Gasteiger partial charge on any atom is -0.303 e. The molecule has 0 radical (unpaired) electrons. The van der Waals surface area contributed by atoms with Crippen LogP contribution < -0.4 is 10.9 Å². The first-order valence-corrected chi connectivity index (χ1v) is 8.83. The van der Waals surface area contributed by atoms with Crippen LogP contribution in [0.2, 0.25) is 5.02 Å². The SMILES string of the molecule is C/C(=C\C(=O)C(F)(F)C(F)(F)C(F)(F)C(F)(F)C(F)(F)C(F)(F)F)NNC(=O)c1ccc(Cl)cc1. The molecule has 0 saturated heterocycles. The van der Waals surface area contributed by atoms with E-state index in [1.165, 1.54) is 12.1 Å². The molecule has 0 spiro atoms. The van der Waals surface area contributed by atoms with E-state index in [9.17, 15) is 66.7 Å². The van der Waals surface area contributed by atoms with E-state index in [1.807, 2.05) is 0 Å². The molecule has 0 fully saturated rings. The maximum Gasteiger partial charge on any atom is 0.460 e. The van der Waals surface area contributed by atoms with Crippen molar-refractivity contribution in [3.8, 4) is 0 Å². The molecular formula is C17H10ClF13N2O2. The Hall–Kier alpha value is -2.72. The van der Waals surface area contributed by atoms with Gasteiger partial charge in [-0.05, 0) is 31.2 Å². The molecule has 1 aromatic rings. The minimum atomic E-state index is -8.12. The second-order valence-electron chi connectivity index (χ2n) is 6.65. The average Bonchev–Trinajstić information content (AvgIpc) is 2.70. The summed E-state index contributed by atoms with van der Waals surface area (Å²) in [4.78, 5) is 23.2. The maximum absolute atomic E-state index is 13.8. The molecule has 198 valence electrons. The van der Waals surface area contributed by atoms with Gasteiger partial charge in [0.05, 0.1) is 0 Å². The summed E-state index contributed by atoms with van der Waals surface area (Å²) in [5.74, 6) is -43.2. The lowest BCUT2D eigenvalue weighted by molar-refractivity contribution is -0.435. The zero-order chi connectivity index (χ0) is 27.8. The molecule has 0 aliphatic heterocycles. The molecule has 0 heterocycles. The molecule has 0 aliphatic rings. The lowest BCUT2D eigenvalue weighted by atomic mass is 9.92. The van der Waals surface area contributed by atoms with Crippen LogP contribution in [0.25, 0.3) is 0 Å². The quantitative estimate of drug-likeness (QED) is 0.230. The summed E-state index contributed by atoms with van der Waals surface area (Å²) in [7, 11) is 0. The lowest BCUT2D eigenvalue weighted by Crippen LogP contribution is -2.71. The number of ketones is 1. The third kappa shape index (κ3) is 5.28. The normalized spacial score (nSPS) is 14.5. The standard InChI is InChI=1S/C17H10ClF13N2O2/c1-7(32-33-11(35)8-2-4-9(18)5-3-8)6-10(34)12(19,20)13(21,22)14(23,24)15(25,26)16(27,28)17(29,30)31/h2-6,32H,1H3,(H,33,35)/b7-6+. The number of carbonyl (C=O) groups excluding carboxylic acids is 2. The Balaban J connectivity index is 3.18. The summed E-state index contributed by atoms with van der Waals surface area (Å²) in [5.41, 5.74) is 2.28. The van der Waals surface area contributed by atoms with E-state index in [0.717, 1.165) is 12.1 Å². The molecule has 0 saturated carbocycles. The van der Waals surface area contributed by atoms with E-state index in [4.69, 9.17) is 11.6 Å². The molecular weight excluding hydrogens is 547 g/mol. The van der Waals surface area contributed by atoms with Crippen LogP contribution in [0.15, 0.2) is 36.0 Å². The molecule has 0 unspecified atom stereocenters. The number of rotatable bonds is 9. The predicted octanol–water partition coefficient (Wildman–Crippen LogP) is 5.79. The number of allylic oxidation sites excluding steroid dienone is 2. The van der Waals surface area contributed by atoms with Crippen LogP contribution in [-0.2, 0) is 4.79 Å². The smallest absolute Gasteiger partial charge is 0.303 e. The number of hydrogen-bond acceptors (Lipinski definition) is 3. The van der Waals surface area contributed by atoms with E-state index >= 15 is 0 Å². The van der Waals surface area contributed by atoms with Gasteiger partial charge in [-0.3, -0.25) is 15.0 Å². The Bertz CT molecular complexity index is 989. The summed E-state index contributed by atoms with van der Waals surface area (Å²) < 4.78 is 170. The molecule has 1 rings (SSSR count). The molecule has 1 aromatic carbocycles. The van der Waals surface area contributed by atoms with E-state index in [2.05, 4.69) is 0 Å². The summed E-state index contributed by atoms with van der Waals surface area (Å²) in [6.45, 7) is 0.596. The molecule has 0 bridgehead atoms. The third-order valence-corrected chi connectivity index (χ3v) is 4.32. The highest BCUT2D eigenvalue weighted by Crippen LogP contribution is 2.60. The Morgan fingerprint density at radius 1 is 0.714 bits per heavy atom. The lowest BCUT2D eigenvalue weighted by Gasteiger charge is -2.39. The highest BCUT2D eigenvalue weighted by Gasteiger charge is 2.91.